The van der Waals surface area contributed by atoms with Crippen molar-refractivity contribution in [2.75, 3.05) is 14.2 Å². The number of ether oxygens (including phenoxy) is 2. The first-order valence-electron chi connectivity index (χ1n) is 6.91. The lowest BCUT2D eigenvalue weighted by Crippen LogP contribution is -2.30. The number of nitrogens with zero attached hydrogens (tertiary/aromatic N) is 1. The first kappa shape index (κ1) is 16.9. The summed E-state index contributed by atoms with van der Waals surface area (Å²) in [6, 6.07) is 7.03. The zero-order valence-corrected chi connectivity index (χ0v) is 13.7. The van der Waals surface area contributed by atoms with E-state index in [1.165, 1.54) is 6.07 Å². The predicted octanol–water partition coefficient (Wildman–Crippen LogP) is 1.98. The van der Waals surface area contributed by atoms with Gasteiger partial charge in [0.05, 0.1) is 24.8 Å². The number of primary amides is 1. The standard InChI is InChI=1S/C16H18ClN3O3/c1-22-13-4-3-10(7-14(13)23-2)5-6-20-9-11(17)8-12(15(20)18)16(19)21/h3-4,7-9,18H,5-6H2,1-2H3,(H2,19,21). The van der Waals surface area contributed by atoms with Gasteiger partial charge in [0.25, 0.3) is 5.91 Å². The molecule has 0 aliphatic carbocycles. The number of carbonyl (C=O) groups excluding carboxylic acids is 1. The molecule has 0 aliphatic heterocycles. The number of methoxy groups -OCH3 is 2. The van der Waals surface area contributed by atoms with Crippen molar-refractivity contribution >= 4 is 17.5 Å². The summed E-state index contributed by atoms with van der Waals surface area (Å²) in [5.74, 6) is 0.631. The van der Waals surface area contributed by atoms with Gasteiger partial charge < -0.3 is 19.8 Å². The maximum atomic E-state index is 11.4. The highest BCUT2D eigenvalue weighted by molar-refractivity contribution is 6.30. The average molecular weight is 336 g/mol. The molecule has 1 aromatic carbocycles. The zero-order chi connectivity index (χ0) is 17.0. The molecule has 122 valence electrons. The van der Waals surface area contributed by atoms with Crippen LogP contribution in [0.15, 0.2) is 30.5 Å². The number of amides is 1. The summed E-state index contributed by atoms with van der Waals surface area (Å²) < 4.78 is 12.1. The van der Waals surface area contributed by atoms with E-state index in [-0.39, 0.29) is 11.1 Å². The van der Waals surface area contributed by atoms with Crippen LogP contribution in [0.25, 0.3) is 0 Å². The van der Waals surface area contributed by atoms with E-state index in [9.17, 15) is 4.79 Å². The number of nitrogens with one attached hydrogen (secondary N) is 1. The fourth-order valence-corrected chi connectivity index (χ4v) is 2.49. The van der Waals surface area contributed by atoms with Crippen LogP contribution in [-0.4, -0.2) is 24.7 Å². The largest absolute Gasteiger partial charge is 0.493 e. The van der Waals surface area contributed by atoms with Crippen molar-refractivity contribution in [1.29, 1.82) is 5.41 Å². The number of nitrogens with two attached hydrogens (primary N) is 1. The van der Waals surface area contributed by atoms with E-state index in [0.717, 1.165) is 5.56 Å². The Morgan fingerprint density at radius 1 is 1.26 bits per heavy atom. The maximum absolute atomic E-state index is 11.4. The Morgan fingerprint density at radius 3 is 2.57 bits per heavy atom. The van der Waals surface area contributed by atoms with Crippen LogP contribution in [0.3, 0.4) is 0 Å². The topological polar surface area (TPSA) is 90.3 Å². The molecule has 0 atom stereocenters. The first-order chi connectivity index (χ1) is 11.0. The number of aromatic nitrogens is 1. The molecule has 23 heavy (non-hydrogen) atoms. The Morgan fingerprint density at radius 2 is 1.96 bits per heavy atom. The van der Waals surface area contributed by atoms with Gasteiger partial charge in [-0.15, -0.1) is 0 Å². The summed E-state index contributed by atoms with van der Waals surface area (Å²) >= 11 is 5.99. The van der Waals surface area contributed by atoms with Crippen molar-refractivity contribution in [3.8, 4) is 11.5 Å². The lowest BCUT2D eigenvalue weighted by molar-refractivity contribution is 0.0997. The van der Waals surface area contributed by atoms with Gasteiger partial charge in [0, 0.05) is 12.7 Å². The maximum Gasteiger partial charge on any atom is 0.252 e. The molecule has 0 saturated carbocycles. The third-order valence-corrected chi connectivity index (χ3v) is 3.67. The van der Waals surface area contributed by atoms with E-state index in [4.69, 9.17) is 32.2 Å². The van der Waals surface area contributed by atoms with E-state index in [2.05, 4.69) is 0 Å². The smallest absolute Gasteiger partial charge is 0.252 e. The van der Waals surface area contributed by atoms with Gasteiger partial charge in [-0.05, 0) is 30.2 Å². The van der Waals surface area contributed by atoms with E-state index >= 15 is 0 Å². The molecule has 1 amide bonds. The minimum atomic E-state index is -0.669. The van der Waals surface area contributed by atoms with Crippen molar-refractivity contribution in [2.45, 2.75) is 13.0 Å². The third-order valence-electron chi connectivity index (χ3n) is 3.46. The summed E-state index contributed by atoms with van der Waals surface area (Å²) in [7, 11) is 3.16. The van der Waals surface area contributed by atoms with Crippen LogP contribution in [-0.2, 0) is 13.0 Å². The number of hydrogen-bond acceptors (Lipinski definition) is 4. The molecule has 0 bridgehead atoms. The van der Waals surface area contributed by atoms with Crippen LogP contribution in [0.5, 0.6) is 11.5 Å². The number of carbonyl (C=O) groups is 1. The number of pyridine rings is 1. The Hall–Kier alpha value is -2.47. The van der Waals surface area contributed by atoms with Gasteiger partial charge in [-0.3, -0.25) is 10.2 Å². The van der Waals surface area contributed by atoms with Gasteiger partial charge in [-0.2, -0.15) is 0 Å². The van der Waals surface area contributed by atoms with Crippen LogP contribution >= 0.6 is 11.6 Å². The Kier molecular flexibility index (Phi) is 5.28. The highest BCUT2D eigenvalue weighted by atomic mass is 35.5. The van der Waals surface area contributed by atoms with Crippen molar-refractivity contribution in [3.63, 3.8) is 0 Å². The molecule has 0 radical (unpaired) electrons. The van der Waals surface area contributed by atoms with Gasteiger partial charge in [-0.25, -0.2) is 0 Å². The first-order valence-corrected chi connectivity index (χ1v) is 7.29. The highest BCUT2D eigenvalue weighted by Crippen LogP contribution is 2.27. The van der Waals surface area contributed by atoms with Gasteiger partial charge in [0.2, 0.25) is 0 Å². The average Bonchev–Trinajstić information content (AvgIpc) is 2.54. The Bertz CT molecular complexity index is 787. The van der Waals surface area contributed by atoms with Gasteiger partial charge >= 0.3 is 0 Å². The fourth-order valence-electron chi connectivity index (χ4n) is 2.26. The molecular weight excluding hydrogens is 318 g/mol. The van der Waals surface area contributed by atoms with Crippen LogP contribution in [0, 0.1) is 5.41 Å². The van der Waals surface area contributed by atoms with Crippen LogP contribution in [0.4, 0.5) is 0 Å². The van der Waals surface area contributed by atoms with E-state index in [1.807, 2.05) is 18.2 Å². The van der Waals surface area contributed by atoms with Crippen LogP contribution in [0.2, 0.25) is 5.02 Å². The number of benzene rings is 1. The van der Waals surface area contributed by atoms with E-state index < -0.39 is 5.91 Å². The second-order valence-electron chi connectivity index (χ2n) is 4.92. The molecule has 0 unspecified atom stereocenters. The lowest BCUT2D eigenvalue weighted by atomic mass is 10.1. The molecule has 1 heterocycles. The molecule has 6 nitrogen and oxygen atoms in total. The third kappa shape index (κ3) is 3.84. The van der Waals surface area contributed by atoms with E-state index in [1.54, 1.807) is 25.0 Å². The summed E-state index contributed by atoms with van der Waals surface area (Å²) in [4.78, 5) is 11.4. The molecule has 3 N–H and O–H groups in total. The number of halogens is 1. The number of hydrogen-bond donors (Lipinski definition) is 2. The van der Waals surface area contributed by atoms with Gasteiger partial charge in [0.15, 0.2) is 11.5 Å². The SMILES string of the molecule is COc1ccc(CCn2cc(Cl)cc(C(N)=O)c2=N)cc1OC. The van der Waals surface area contributed by atoms with Crippen molar-refractivity contribution in [1.82, 2.24) is 4.57 Å². The van der Waals surface area contributed by atoms with Gasteiger partial charge in [0.1, 0.15) is 5.49 Å². The molecular formula is C16H18ClN3O3. The summed E-state index contributed by atoms with van der Waals surface area (Å²) in [5.41, 5.74) is 6.42. The molecule has 2 rings (SSSR count). The van der Waals surface area contributed by atoms with Gasteiger partial charge in [-0.1, -0.05) is 17.7 Å². The predicted molar refractivity (Wildman–Crippen MR) is 87.1 cm³/mol. The second kappa shape index (κ2) is 7.19. The molecule has 0 fully saturated rings. The number of rotatable bonds is 6. The van der Waals surface area contributed by atoms with E-state index in [0.29, 0.717) is 29.5 Å². The van der Waals surface area contributed by atoms with Crippen molar-refractivity contribution in [2.24, 2.45) is 5.73 Å². The molecule has 0 spiro atoms. The Labute approximate surface area is 138 Å². The quantitative estimate of drug-likeness (QED) is 0.845. The molecule has 2 aromatic rings. The van der Waals surface area contributed by atoms with Crippen LogP contribution < -0.4 is 20.7 Å². The summed E-state index contributed by atoms with van der Waals surface area (Å²) in [5, 5.41) is 8.40. The normalized spacial score (nSPS) is 10.4. The monoisotopic (exact) mass is 335 g/mol. The Balaban J connectivity index is 2.25. The van der Waals surface area contributed by atoms with Crippen LogP contribution in [0.1, 0.15) is 15.9 Å². The van der Waals surface area contributed by atoms with Crippen molar-refractivity contribution in [3.05, 3.63) is 52.1 Å². The highest BCUT2D eigenvalue weighted by Gasteiger charge is 2.09. The fraction of sp³-hybridized carbons (Fsp3) is 0.250. The molecule has 7 heteroatoms. The number of aryl methyl sites for hydroxylation is 2. The second-order valence-corrected chi connectivity index (χ2v) is 5.35. The summed E-state index contributed by atoms with van der Waals surface area (Å²) in [6.45, 7) is 0.481. The molecule has 0 aliphatic rings. The zero-order valence-electron chi connectivity index (χ0n) is 12.9. The molecule has 1 aromatic heterocycles. The molecule has 0 saturated heterocycles. The van der Waals surface area contributed by atoms with Crippen molar-refractivity contribution < 1.29 is 14.3 Å². The minimum Gasteiger partial charge on any atom is -0.493 e. The lowest BCUT2D eigenvalue weighted by Gasteiger charge is -2.12. The summed E-state index contributed by atoms with van der Waals surface area (Å²) in [6.07, 6.45) is 2.24. The minimum absolute atomic E-state index is 0.0439.